The molecule has 1 rings (SSSR count). The molecule has 1 aromatic carbocycles. The van der Waals surface area contributed by atoms with E-state index in [9.17, 15) is 14.9 Å². The highest BCUT2D eigenvalue weighted by molar-refractivity contribution is 5.85. The second kappa shape index (κ2) is 6.14. The van der Waals surface area contributed by atoms with Gasteiger partial charge in [0.15, 0.2) is 5.75 Å². The molecule has 0 saturated carbocycles. The van der Waals surface area contributed by atoms with Gasteiger partial charge < -0.3 is 4.74 Å². The van der Waals surface area contributed by atoms with Gasteiger partial charge in [0, 0.05) is 18.4 Å². The summed E-state index contributed by atoms with van der Waals surface area (Å²) in [6.45, 7) is 5.70. The summed E-state index contributed by atoms with van der Waals surface area (Å²) in [6, 6.07) is 4.58. The number of nitro groups is 1. The Hall–Kier alpha value is -1.91. The zero-order chi connectivity index (χ0) is 13.7. The molecule has 0 N–H and O–H groups in total. The van der Waals surface area contributed by atoms with E-state index in [0.29, 0.717) is 13.0 Å². The van der Waals surface area contributed by atoms with Gasteiger partial charge in [0.25, 0.3) is 0 Å². The van der Waals surface area contributed by atoms with Crippen LogP contribution >= 0.6 is 0 Å². The Kier molecular flexibility index (Phi) is 4.83. The molecule has 1 unspecified atom stereocenters. The molecule has 0 aliphatic heterocycles. The summed E-state index contributed by atoms with van der Waals surface area (Å²) in [5.74, 6) is 0.0528. The smallest absolute Gasteiger partial charge is 0.310 e. The van der Waals surface area contributed by atoms with Gasteiger partial charge in [-0.2, -0.15) is 0 Å². The molecule has 98 valence electrons. The SMILES string of the molecule is CCOc1cc(C(C)C(=O)CC)ccc1[N+](=O)[O-]. The number of carbonyl (C=O) groups excluding carboxylic acids is 1. The van der Waals surface area contributed by atoms with E-state index in [1.54, 1.807) is 32.9 Å². The van der Waals surface area contributed by atoms with E-state index >= 15 is 0 Å². The number of ether oxygens (including phenoxy) is 1. The van der Waals surface area contributed by atoms with Gasteiger partial charge >= 0.3 is 5.69 Å². The minimum atomic E-state index is -0.485. The predicted molar refractivity (Wildman–Crippen MR) is 68.0 cm³/mol. The minimum absolute atomic E-state index is 0.0725. The molecule has 0 fully saturated rings. The summed E-state index contributed by atoms with van der Waals surface area (Å²) in [5, 5.41) is 10.8. The van der Waals surface area contributed by atoms with Gasteiger partial charge in [-0.1, -0.05) is 19.9 Å². The molecule has 0 amide bonds. The number of hydrogen-bond acceptors (Lipinski definition) is 4. The zero-order valence-corrected chi connectivity index (χ0v) is 10.8. The highest BCUT2D eigenvalue weighted by Crippen LogP contribution is 2.31. The Morgan fingerprint density at radius 3 is 2.61 bits per heavy atom. The number of Topliss-reactive ketones (excluding diaryl/α,β-unsaturated/α-hetero) is 1. The van der Waals surface area contributed by atoms with Crippen LogP contribution in [-0.4, -0.2) is 17.3 Å². The number of rotatable bonds is 6. The Morgan fingerprint density at radius 1 is 1.44 bits per heavy atom. The summed E-state index contributed by atoms with van der Waals surface area (Å²) in [5.41, 5.74) is 0.674. The van der Waals surface area contributed by atoms with Crippen molar-refractivity contribution in [3.05, 3.63) is 33.9 Å². The molecule has 0 spiro atoms. The molecule has 0 aromatic heterocycles. The first-order valence-electron chi connectivity index (χ1n) is 5.95. The van der Waals surface area contributed by atoms with Crippen LogP contribution in [-0.2, 0) is 4.79 Å². The fraction of sp³-hybridized carbons (Fsp3) is 0.462. The summed E-state index contributed by atoms with van der Waals surface area (Å²) in [7, 11) is 0. The van der Waals surface area contributed by atoms with E-state index in [1.807, 2.05) is 0 Å². The summed E-state index contributed by atoms with van der Waals surface area (Å²) < 4.78 is 5.25. The van der Waals surface area contributed by atoms with Crippen LogP contribution in [0.15, 0.2) is 18.2 Å². The standard InChI is InChI=1S/C13H17NO4/c1-4-12(15)9(3)10-6-7-11(14(16)17)13(8-10)18-5-2/h6-9H,4-5H2,1-3H3. The quantitative estimate of drug-likeness (QED) is 0.575. The first kappa shape index (κ1) is 14.2. The molecule has 0 aliphatic rings. The Morgan fingerprint density at radius 2 is 2.11 bits per heavy atom. The van der Waals surface area contributed by atoms with Gasteiger partial charge in [-0.05, 0) is 18.6 Å². The molecular weight excluding hydrogens is 234 g/mol. The monoisotopic (exact) mass is 251 g/mol. The fourth-order valence-corrected chi connectivity index (χ4v) is 1.71. The Labute approximate surface area is 106 Å². The zero-order valence-electron chi connectivity index (χ0n) is 10.8. The van der Waals surface area contributed by atoms with Gasteiger partial charge in [0.1, 0.15) is 5.78 Å². The van der Waals surface area contributed by atoms with Crippen LogP contribution in [0, 0.1) is 10.1 Å². The van der Waals surface area contributed by atoms with E-state index in [4.69, 9.17) is 4.74 Å². The number of nitro benzene ring substituents is 1. The van der Waals surface area contributed by atoms with Crippen molar-refractivity contribution in [2.75, 3.05) is 6.61 Å². The third kappa shape index (κ3) is 3.06. The van der Waals surface area contributed by atoms with Crippen LogP contribution in [0.3, 0.4) is 0 Å². The van der Waals surface area contributed by atoms with Gasteiger partial charge in [0.05, 0.1) is 11.5 Å². The number of nitrogens with zero attached hydrogens (tertiary/aromatic N) is 1. The molecule has 1 atom stereocenters. The number of carbonyl (C=O) groups is 1. The Balaban J connectivity index is 3.14. The van der Waals surface area contributed by atoms with E-state index in [0.717, 1.165) is 5.56 Å². The highest BCUT2D eigenvalue weighted by Gasteiger charge is 2.19. The van der Waals surface area contributed by atoms with Crippen molar-refractivity contribution in [2.24, 2.45) is 0 Å². The van der Waals surface area contributed by atoms with Crippen LogP contribution in [0.25, 0.3) is 0 Å². The summed E-state index contributed by atoms with van der Waals surface area (Å²) in [4.78, 5) is 22.0. The topological polar surface area (TPSA) is 69.4 Å². The first-order valence-corrected chi connectivity index (χ1v) is 5.95. The van der Waals surface area contributed by atoms with Crippen LogP contribution in [0.5, 0.6) is 5.75 Å². The normalized spacial score (nSPS) is 11.9. The first-order chi connectivity index (χ1) is 8.51. The van der Waals surface area contributed by atoms with Crippen LogP contribution < -0.4 is 4.74 Å². The van der Waals surface area contributed by atoms with E-state index in [1.165, 1.54) is 6.07 Å². The molecule has 0 radical (unpaired) electrons. The van der Waals surface area contributed by atoms with Crippen molar-refractivity contribution in [1.82, 2.24) is 0 Å². The lowest BCUT2D eigenvalue weighted by Gasteiger charge is -2.11. The van der Waals surface area contributed by atoms with Crippen molar-refractivity contribution in [2.45, 2.75) is 33.1 Å². The molecule has 0 aliphatic carbocycles. The average Bonchev–Trinajstić information content (AvgIpc) is 2.37. The fourth-order valence-electron chi connectivity index (χ4n) is 1.71. The summed E-state index contributed by atoms with van der Waals surface area (Å²) >= 11 is 0. The van der Waals surface area contributed by atoms with Gasteiger partial charge in [0.2, 0.25) is 0 Å². The lowest BCUT2D eigenvalue weighted by molar-refractivity contribution is -0.385. The average molecular weight is 251 g/mol. The van der Waals surface area contributed by atoms with Gasteiger partial charge in [-0.15, -0.1) is 0 Å². The predicted octanol–water partition coefficient (Wildman–Crippen LogP) is 3.08. The number of hydrogen-bond donors (Lipinski definition) is 0. The van der Waals surface area contributed by atoms with Gasteiger partial charge in [-0.3, -0.25) is 14.9 Å². The van der Waals surface area contributed by atoms with E-state index in [2.05, 4.69) is 0 Å². The highest BCUT2D eigenvalue weighted by atomic mass is 16.6. The number of ketones is 1. The molecule has 18 heavy (non-hydrogen) atoms. The van der Waals surface area contributed by atoms with Crippen molar-refractivity contribution in [1.29, 1.82) is 0 Å². The maximum atomic E-state index is 11.6. The van der Waals surface area contributed by atoms with Crippen molar-refractivity contribution >= 4 is 11.5 Å². The molecule has 1 aromatic rings. The van der Waals surface area contributed by atoms with Crippen molar-refractivity contribution < 1.29 is 14.5 Å². The molecule has 0 saturated heterocycles. The minimum Gasteiger partial charge on any atom is -0.487 e. The second-order valence-electron chi connectivity index (χ2n) is 3.96. The Bertz CT molecular complexity index is 456. The maximum Gasteiger partial charge on any atom is 0.310 e. The molecule has 5 heteroatoms. The third-order valence-electron chi connectivity index (χ3n) is 2.81. The van der Waals surface area contributed by atoms with E-state index < -0.39 is 4.92 Å². The van der Waals surface area contributed by atoms with Crippen molar-refractivity contribution in [3.63, 3.8) is 0 Å². The molecular formula is C13H17NO4. The van der Waals surface area contributed by atoms with Crippen LogP contribution in [0.2, 0.25) is 0 Å². The van der Waals surface area contributed by atoms with Crippen LogP contribution in [0.1, 0.15) is 38.7 Å². The summed E-state index contributed by atoms with van der Waals surface area (Å²) in [6.07, 6.45) is 0.447. The maximum absolute atomic E-state index is 11.6. The third-order valence-corrected chi connectivity index (χ3v) is 2.81. The van der Waals surface area contributed by atoms with Crippen molar-refractivity contribution in [3.8, 4) is 5.75 Å². The van der Waals surface area contributed by atoms with Gasteiger partial charge in [-0.25, -0.2) is 0 Å². The van der Waals surface area contributed by atoms with Crippen LogP contribution in [0.4, 0.5) is 5.69 Å². The molecule has 0 bridgehead atoms. The number of benzene rings is 1. The molecule has 0 heterocycles. The second-order valence-corrected chi connectivity index (χ2v) is 3.96. The molecule has 5 nitrogen and oxygen atoms in total. The lowest BCUT2D eigenvalue weighted by Crippen LogP contribution is -2.08. The van der Waals surface area contributed by atoms with E-state index in [-0.39, 0.29) is 23.1 Å². The largest absolute Gasteiger partial charge is 0.487 e. The lowest BCUT2D eigenvalue weighted by atomic mass is 9.95.